The van der Waals surface area contributed by atoms with Gasteiger partial charge in [0.15, 0.2) is 0 Å². The highest BCUT2D eigenvalue weighted by atomic mass is 35.5. The van der Waals surface area contributed by atoms with Gasteiger partial charge in [-0.1, -0.05) is 12.1 Å². The smallest absolute Gasteiger partial charge is 0.118 e. The molecule has 18 heavy (non-hydrogen) atoms. The van der Waals surface area contributed by atoms with E-state index in [4.69, 9.17) is 4.74 Å². The summed E-state index contributed by atoms with van der Waals surface area (Å²) in [6.07, 6.45) is 1.05. The van der Waals surface area contributed by atoms with Crippen LogP contribution in [0.1, 0.15) is 5.56 Å². The lowest BCUT2D eigenvalue weighted by molar-refractivity contribution is 0.286. The van der Waals surface area contributed by atoms with Gasteiger partial charge < -0.3 is 15.0 Å². The van der Waals surface area contributed by atoms with Crippen LogP contribution in [0.2, 0.25) is 0 Å². The molecular formula is C13H24Cl2N2O. The van der Waals surface area contributed by atoms with Crippen LogP contribution in [0.25, 0.3) is 0 Å². The van der Waals surface area contributed by atoms with E-state index in [-0.39, 0.29) is 24.8 Å². The number of nitrogens with one attached hydrogen (secondary N) is 1. The van der Waals surface area contributed by atoms with Gasteiger partial charge in [0, 0.05) is 12.6 Å². The maximum atomic E-state index is 5.15. The van der Waals surface area contributed by atoms with Crippen molar-refractivity contribution < 1.29 is 4.74 Å². The van der Waals surface area contributed by atoms with Crippen LogP contribution in [-0.4, -0.2) is 45.7 Å². The van der Waals surface area contributed by atoms with Gasteiger partial charge in [0.25, 0.3) is 0 Å². The number of ether oxygens (including phenoxy) is 1. The Morgan fingerprint density at radius 1 is 1.17 bits per heavy atom. The van der Waals surface area contributed by atoms with Crippen molar-refractivity contribution >= 4 is 24.8 Å². The molecule has 1 atom stereocenters. The number of rotatable bonds is 6. The van der Waals surface area contributed by atoms with Gasteiger partial charge in [-0.3, -0.25) is 0 Å². The molecule has 0 saturated heterocycles. The Morgan fingerprint density at radius 2 is 1.72 bits per heavy atom. The first-order valence-electron chi connectivity index (χ1n) is 5.61. The Balaban J connectivity index is 0. The zero-order valence-corrected chi connectivity index (χ0v) is 13.1. The SMILES string of the molecule is CNC[C@@H](Cc1ccc(OC)cc1)N(C)C.Cl.Cl. The summed E-state index contributed by atoms with van der Waals surface area (Å²) >= 11 is 0. The lowest BCUT2D eigenvalue weighted by atomic mass is 10.1. The highest BCUT2D eigenvalue weighted by Gasteiger charge is 2.10. The van der Waals surface area contributed by atoms with Crippen molar-refractivity contribution in [1.29, 1.82) is 0 Å². The largest absolute Gasteiger partial charge is 0.497 e. The average molecular weight is 295 g/mol. The summed E-state index contributed by atoms with van der Waals surface area (Å²) in [6.45, 7) is 0.999. The number of likely N-dealkylation sites (N-methyl/N-ethyl adjacent to an activating group) is 2. The van der Waals surface area contributed by atoms with Crippen LogP contribution in [0.15, 0.2) is 24.3 Å². The van der Waals surface area contributed by atoms with Crippen LogP contribution in [-0.2, 0) is 6.42 Å². The van der Waals surface area contributed by atoms with Crippen molar-refractivity contribution in [2.75, 3.05) is 34.8 Å². The number of benzene rings is 1. The summed E-state index contributed by atoms with van der Waals surface area (Å²) in [7, 11) is 7.92. The molecule has 0 amide bonds. The summed E-state index contributed by atoms with van der Waals surface area (Å²) in [5.41, 5.74) is 1.34. The van der Waals surface area contributed by atoms with Gasteiger partial charge in [0.05, 0.1) is 7.11 Å². The van der Waals surface area contributed by atoms with Gasteiger partial charge >= 0.3 is 0 Å². The summed E-state index contributed by atoms with van der Waals surface area (Å²) in [6, 6.07) is 8.82. The Morgan fingerprint density at radius 3 is 2.11 bits per heavy atom. The van der Waals surface area contributed by atoms with Crippen LogP contribution >= 0.6 is 24.8 Å². The molecule has 0 unspecified atom stereocenters. The second kappa shape index (κ2) is 10.4. The van der Waals surface area contributed by atoms with E-state index in [0.29, 0.717) is 6.04 Å². The van der Waals surface area contributed by atoms with Gasteiger partial charge in [0.2, 0.25) is 0 Å². The maximum absolute atomic E-state index is 5.15. The molecule has 1 N–H and O–H groups in total. The van der Waals surface area contributed by atoms with Gasteiger partial charge in [-0.15, -0.1) is 24.8 Å². The topological polar surface area (TPSA) is 24.5 Å². The van der Waals surface area contributed by atoms with Crippen LogP contribution in [0.5, 0.6) is 5.75 Å². The van der Waals surface area contributed by atoms with Gasteiger partial charge in [-0.2, -0.15) is 0 Å². The molecule has 0 fully saturated rings. The highest BCUT2D eigenvalue weighted by molar-refractivity contribution is 5.85. The molecule has 0 aliphatic carbocycles. The lowest BCUT2D eigenvalue weighted by Gasteiger charge is -2.24. The summed E-state index contributed by atoms with van der Waals surface area (Å²) in [5.74, 6) is 0.916. The van der Waals surface area contributed by atoms with Gasteiger partial charge in [-0.25, -0.2) is 0 Å². The van der Waals surface area contributed by atoms with Crippen LogP contribution in [0, 0.1) is 0 Å². The summed E-state index contributed by atoms with van der Waals surface area (Å²) < 4.78 is 5.15. The van der Waals surface area contributed by atoms with E-state index in [2.05, 4.69) is 36.4 Å². The van der Waals surface area contributed by atoms with Crippen molar-refractivity contribution in [1.82, 2.24) is 10.2 Å². The maximum Gasteiger partial charge on any atom is 0.118 e. The third-order valence-corrected chi connectivity index (χ3v) is 2.80. The molecule has 0 bridgehead atoms. The van der Waals surface area contributed by atoms with E-state index in [9.17, 15) is 0 Å². The molecule has 0 saturated carbocycles. The summed E-state index contributed by atoms with van der Waals surface area (Å²) in [4.78, 5) is 2.25. The van der Waals surface area contributed by atoms with Crippen molar-refractivity contribution in [3.63, 3.8) is 0 Å². The van der Waals surface area contributed by atoms with E-state index >= 15 is 0 Å². The predicted octanol–water partition coefficient (Wildman–Crippen LogP) is 2.23. The lowest BCUT2D eigenvalue weighted by Crippen LogP contribution is -2.38. The van der Waals surface area contributed by atoms with Crippen molar-refractivity contribution in [2.24, 2.45) is 0 Å². The fourth-order valence-electron chi connectivity index (χ4n) is 1.71. The van der Waals surface area contributed by atoms with Crippen LogP contribution < -0.4 is 10.1 Å². The zero-order valence-electron chi connectivity index (χ0n) is 11.5. The molecule has 106 valence electrons. The first kappa shape index (κ1) is 19.9. The molecule has 5 heteroatoms. The van der Waals surface area contributed by atoms with Crippen molar-refractivity contribution in [3.05, 3.63) is 29.8 Å². The third-order valence-electron chi connectivity index (χ3n) is 2.80. The minimum absolute atomic E-state index is 0. The fraction of sp³-hybridized carbons (Fsp3) is 0.538. The normalized spacial score (nSPS) is 11.4. The Labute approximate surface area is 123 Å². The number of nitrogens with zero attached hydrogens (tertiary/aromatic N) is 1. The molecule has 0 aliphatic rings. The van der Waals surface area contributed by atoms with E-state index in [1.165, 1.54) is 5.56 Å². The quantitative estimate of drug-likeness (QED) is 0.871. The second-order valence-electron chi connectivity index (χ2n) is 4.23. The molecule has 0 heterocycles. The summed E-state index contributed by atoms with van der Waals surface area (Å²) in [5, 5.41) is 3.23. The van der Waals surface area contributed by atoms with E-state index < -0.39 is 0 Å². The molecule has 0 radical (unpaired) electrons. The number of hydrogen-bond donors (Lipinski definition) is 1. The predicted molar refractivity (Wildman–Crippen MR) is 82.6 cm³/mol. The van der Waals surface area contributed by atoms with E-state index in [0.717, 1.165) is 18.7 Å². The Hall–Kier alpha value is -0.480. The molecule has 1 aromatic carbocycles. The number of halogens is 2. The van der Waals surface area contributed by atoms with Crippen LogP contribution in [0.4, 0.5) is 0 Å². The molecule has 0 aromatic heterocycles. The number of hydrogen-bond acceptors (Lipinski definition) is 3. The second-order valence-corrected chi connectivity index (χ2v) is 4.23. The molecular weight excluding hydrogens is 271 g/mol. The van der Waals surface area contributed by atoms with Gasteiger partial charge in [-0.05, 0) is 45.3 Å². The van der Waals surface area contributed by atoms with Crippen molar-refractivity contribution in [3.8, 4) is 5.75 Å². The molecule has 3 nitrogen and oxygen atoms in total. The molecule has 1 aromatic rings. The standard InChI is InChI=1S/C13H22N2O.2ClH/c1-14-10-12(15(2)3)9-11-5-7-13(16-4)8-6-11;;/h5-8,12,14H,9-10H2,1-4H3;2*1H/t12-;;/m1../s1. The molecule has 0 spiro atoms. The van der Waals surface area contributed by atoms with Gasteiger partial charge in [0.1, 0.15) is 5.75 Å². The fourth-order valence-corrected chi connectivity index (χ4v) is 1.71. The Bertz CT molecular complexity index is 304. The minimum Gasteiger partial charge on any atom is -0.497 e. The Kier molecular flexibility index (Phi) is 11.5. The zero-order chi connectivity index (χ0) is 12.0. The number of methoxy groups -OCH3 is 1. The molecule has 0 aliphatic heterocycles. The third kappa shape index (κ3) is 6.45. The van der Waals surface area contributed by atoms with E-state index in [1.54, 1.807) is 7.11 Å². The minimum atomic E-state index is 0. The molecule has 1 rings (SSSR count). The van der Waals surface area contributed by atoms with Crippen LogP contribution in [0.3, 0.4) is 0 Å². The first-order chi connectivity index (χ1) is 7.67. The highest BCUT2D eigenvalue weighted by Crippen LogP contribution is 2.13. The monoisotopic (exact) mass is 294 g/mol. The average Bonchev–Trinajstić information content (AvgIpc) is 2.29. The first-order valence-corrected chi connectivity index (χ1v) is 5.61. The van der Waals surface area contributed by atoms with E-state index in [1.807, 2.05) is 19.2 Å². The van der Waals surface area contributed by atoms with Crippen molar-refractivity contribution in [2.45, 2.75) is 12.5 Å².